The zero-order valence-electron chi connectivity index (χ0n) is 7.89. The number of hydrogen-bond acceptors (Lipinski definition) is 2. The minimum atomic E-state index is 0.403. The molecule has 1 aromatic rings. The molecule has 1 fully saturated rings. The zero-order chi connectivity index (χ0) is 9.97. The van der Waals surface area contributed by atoms with Crippen molar-refractivity contribution >= 4 is 15.9 Å². The Morgan fingerprint density at radius 3 is 2.86 bits per heavy atom. The zero-order valence-corrected chi connectivity index (χ0v) is 9.47. The number of nitrogens with zero attached hydrogens (tertiary/aromatic N) is 2. The average molecular weight is 254 g/mol. The summed E-state index contributed by atoms with van der Waals surface area (Å²) in [5, 5.41) is 8.60. The van der Waals surface area contributed by atoms with Crippen LogP contribution in [0, 0.1) is 11.3 Å². The van der Waals surface area contributed by atoms with Crippen molar-refractivity contribution in [1.82, 2.24) is 9.97 Å². The summed E-state index contributed by atoms with van der Waals surface area (Å²) in [6.07, 6.45) is 5.46. The molecule has 0 atom stereocenters. The molecule has 0 unspecified atom stereocenters. The second kappa shape index (κ2) is 4.14. The molecule has 0 bridgehead atoms. The van der Waals surface area contributed by atoms with Crippen LogP contribution in [0.15, 0.2) is 4.60 Å². The van der Waals surface area contributed by atoms with Gasteiger partial charge in [0.25, 0.3) is 0 Å². The molecule has 74 valence electrons. The van der Waals surface area contributed by atoms with Gasteiger partial charge in [0.2, 0.25) is 0 Å². The van der Waals surface area contributed by atoms with Crippen LogP contribution >= 0.6 is 15.9 Å². The van der Waals surface area contributed by atoms with Gasteiger partial charge in [0, 0.05) is 5.92 Å². The molecule has 14 heavy (non-hydrogen) atoms. The van der Waals surface area contributed by atoms with E-state index in [1.807, 2.05) is 0 Å². The van der Waals surface area contributed by atoms with E-state index in [9.17, 15) is 0 Å². The molecule has 3 nitrogen and oxygen atoms in total. The molecule has 1 N–H and O–H groups in total. The van der Waals surface area contributed by atoms with Crippen LogP contribution in [0.3, 0.4) is 0 Å². The quantitative estimate of drug-likeness (QED) is 0.882. The van der Waals surface area contributed by atoms with E-state index >= 15 is 0 Å². The van der Waals surface area contributed by atoms with Crippen molar-refractivity contribution in [3.63, 3.8) is 0 Å². The minimum Gasteiger partial charge on any atom is -0.344 e. The molecule has 2 rings (SSSR count). The van der Waals surface area contributed by atoms with Gasteiger partial charge in [0.1, 0.15) is 10.4 Å². The van der Waals surface area contributed by atoms with Crippen LogP contribution in [0.5, 0.6) is 0 Å². The fourth-order valence-corrected chi connectivity index (χ4v) is 2.43. The lowest BCUT2D eigenvalue weighted by molar-refractivity contribution is 0.676. The van der Waals surface area contributed by atoms with Gasteiger partial charge in [-0.1, -0.05) is 12.8 Å². The van der Waals surface area contributed by atoms with Crippen molar-refractivity contribution in [2.24, 2.45) is 0 Å². The molecular formula is C10H12BrN3. The standard InChI is InChI=1S/C10H12BrN3/c11-9-8(5-6-12)13-10(14-9)7-3-1-2-4-7/h7H,1-5H2,(H,13,14). The highest BCUT2D eigenvalue weighted by Crippen LogP contribution is 2.33. The molecule has 0 amide bonds. The maximum absolute atomic E-state index is 8.60. The van der Waals surface area contributed by atoms with Gasteiger partial charge in [0.15, 0.2) is 0 Å². The van der Waals surface area contributed by atoms with Crippen LogP contribution in [0.2, 0.25) is 0 Å². The number of imidazole rings is 1. The topological polar surface area (TPSA) is 52.5 Å². The third-order valence-corrected chi connectivity index (χ3v) is 3.40. The van der Waals surface area contributed by atoms with Gasteiger partial charge in [-0.05, 0) is 28.8 Å². The molecule has 1 aliphatic carbocycles. The Balaban J connectivity index is 2.19. The fraction of sp³-hybridized carbons (Fsp3) is 0.600. The minimum absolute atomic E-state index is 0.403. The second-order valence-electron chi connectivity index (χ2n) is 3.71. The highest BCUT2D eigenvalue weighted by atomic mass is 79.9. The number of aromatic nitrogens is 2. The lowest BCUT2D eigenvalue weighted by Gasteiger charge is -2.02. The van der Waals surface area contributed by atoms with Crippen LogP contribution in [-0.4, -0.2) is 9.97 Å². The maximum Gasteiger partial charge on any atom is 0.128 e. The highest BCUT2D eigenvalue weighted by Gasteiger charge is 2.21. The van der Waals surface area contributed by atoms with E-state index in [2.05, 4.69) is 32.0 Å². The van der Waals surface area contributed by atoms with Crippen molar-refractivity contribution in [2.45, 2.75) is 38.0 Å². The van der Waals surface area contributed by atoms with E-state index in [0.717, 1.165) is 16.1 Å². The Labute approximate surface area is 91.7 Å². The van der Waals surface area contributed by atoms with Gasteiger partial charge in [0.05, 0.1) is 18.2 Å². The summed E-state index contributed by atoms with van der Waals surface area (Å²) >= 11 is 3.37. The van der Waals surface area contributed by atoms with Crippen molar-refractivity contribution in [2.75, 3.05) is 0 Å². The summed E-state index contributed by atoms with van der Waals surface area (Å²) in [7, 11) is 0. The van der Waals surface area contributed by atoms with Gasteiger partial charge < -0.3 is 4.98 Å². The number of aromatic amines is 1. The molecule has 1 aromatic heterocycles. The van der Waals surface area contributed by atoms with Crippen LogP contribution in [0.4, 0.5) is 0 Å². The number of rotatable bonds is 2. The Morgan fingerprint density at radius 2 is 2.21 bits per heavy atom. The molecule has 0 radical (unpaired) electrons. The van der Waals surface area contributed by atoms with Crippen molar-refractivity contribution in [1.29, 1.82) is 5.26 Å². The van der Waals surface area contributed by atoms with Crippen molar-refractivity contribution in [3.05, 3.63) is 16.1 Å². The van der Waals surface area contributed by atoms with Crippen molar-refractivity contribution in [3.8, 4) is 6.07 Å². The smallest absolute Gasteiger partial charge is 0.128 e. The number of H-pyrrole nitrogens is 1. The molecule has 4 heteroatoms. The predicted molar refractivity (Wildman–Crippen MR) is 56.8 cm³/mol. The molecule has 0 spiro atoms. The Bertz CT molecular complexity index is 358. The molecule has 1 heterocycles. The molecular weight excluding hydrogens is 242 g/mol. The third-order valence-electron chi connectivity index (χ3n) is 2.74. The molecule has 0 aromatic carbocycles. The highest BCUT2D eigenvalue weighted by molar-refractivity contribution is 9.10. The fourth-order valence-electron chi connectivity index (χ4n) is 2.00. The van der Waals surface area contributed by atoms with E-state index in [1.165, 1.54) is 25.7 Å². The molecule has 1 aliphatic rings. The van der Waals surface area contributed by atoms with E-state index < -0.39 is 0 Å². The monoisotopic (exact) mass is 253 g/mol. The average Bonchev–Trinajstić information content (AvgIpc) is 2.76. The van der Waals surface area contributed by atoms with Crippen LogP contribution in [0.1, 0.15) is 43.1 Å². The first-order valence-electron chi connectivity index (χ1n) is 4.92. The summed E-state index contributed by atoms with van der Waals surface area (Å²) in [5.41, 5.74) is 0.911. The van der Waals surface area contributed by atoms with Gasteiger partial charge in [-0.3, -0.25) is 0 Å². The number of hydrogen-bond donors (Lipinski definition) is 1. The van der Waals surface area contributed by atoms with E-state index in [0.29, 0.717) is 12.3 Å². The van der Waals surface area contributed by atoms with Gasteiger partial charge in [-0.15, -0.1) is 0 Å². The maximum atomic E-state index is 8.60. The van der Waals surface area contributed by atoms with E-state index in [-0.39, 0.29) is 0 Å². The number of halogens is 1. The van der Waals surface area contributed by atoms with E-state index in [1.54, 1.807) is 0 Å². The van der Waals surface area contributed by atoms with Gasteiger partial charge >= 0.3 is 0 Å². The lowest BCUT2D eigenvalue weighted by Crippen LogP contribution is -1.94. The number of nitrogens with one attached hydrogen (secondary N) is 1. The first-order valence-corrected chi connectivity index (χ1v) is 5.72. The van der Waals surface area contributed by atoms with Crippen LogP contribution < -0.4 is 0 Å². The predicted octanol–water partition coefficient (Wildman–Crippen LogP) is 2.90. The normalized spacial score (nSPS) is 17.1. The van der Waals surface area contributed by atoms with Gasteiger partial charge in [-0.25, -0.2) is 4.98 Å². The summed E-state index contributed by atoms with van der Waals surface area (Å²) in [6, 6.07) is 2.13. The summed E-state index contributed by atoms with van der Waals surface area (Å²) in [6.45, 7) is 0. The van der Waals surface area contributed by atoms with Crippen molar-refractivity contribution < 1.29 is 0 Å². The van der Waals surface area contributed by atoms with E-state index in [4.69, 9.17) is 5.26 Å². The molecule has 0 saturated heterocycles. The summed E-state index contributed by atoms with van der Waals surface area (Å²) < 4.78 is 0.806. The second-order valence-corrected chi connectivity index (χ2v) is 4.46. The summed E-state index contributed by atoms with van der Waals surface area (Å²) in [5.74, 6) is 1.64. The lowest BCUT2D eigenvalue weighted by atomic mass is 10.1. The Kier molecular flexibility index (Phi) is 2.87. The first-order chi connectivity index (χ1) is 6.81. The SMILES string of the molecule is N#CCc1[nH]c(C2CCCC2)nc1Br. The number of nitriles is 1. The molecule has 0 aliphatic heterocycles. The molecule has 1 saturated carbocycles. The third kappa shape index (κ3) is 1.83. The van der Waals surface area contributed by atoms with Crippen LogP contribution in [0.25, 0.3) is 0 Å². The Morgan fingerprint density at radius 1 is 1.50 bits per heavy atom. The van der Waals surface area contributed by atoms with Gasteiger partial charge in [-0.2, -0.15) is 5.26 Å². The van der Waals surface area contributed by atoms with Crippen LogP contribution in [-0.2, 0) is 6.42 Å². The summed E-state index contributed by atoms with van der Waals surface area (Å²) in [4.78, 5) is 7.67. The Hall–Kier alpha value is -0.820. The first kappa shape index (κ1) is 9.72. The largest absolute Gasteiger partial charge is 0.344 e.